The molecule has 6 nitrogen and oxygen atoms in total. The molecule has 0 aromatic carbocycles. The molecule has 0 bridgehead atoms. The summed E-state index contributed by atoms with van der Waals surface area (Å²) in [6, 6.07) is 0. The lowest BCUT2D eigenvalue weighted by atomic mass is 10.4. The van der Waals surface area contributed by atoms with E-state index < -0.39 is 0 Å². The molecule has 0 atom stereocenters. The van der Waals surface area contributed by atoms with Crippen molar-refractivity contribution in [2.24, 2.45) is 0 Å². The number of nitrogens with zero attached hydrogens (tertiary/aromatic N) is 3. The summed E-state index contributed by atoms with van der Waals surface area (Å²) in [5.74, 6) is 0.750. The minimum atomic E-state index is -0.168. The van der Waals surface area contributed by atoms with E-state index in [0.717, 1.165) is 16.5 Å². The number of H-pyrrole nitrogens is 2. The van der Waals surface area contributed by atoms with Crippen LogP contribution in [0.5, 0.6) is 0 Å². The maximum atomic E-state index is 11.8. The fraction of sp³-hybridized carbons (Fsp3) is 0.273. The molecule has 0 unspecified atom stereocenters. The fourth-order valence-corrected chi connectivity index (χ4v) is 3.68. The lowest BCUT2D eigenvalue weighted by molar-refractivity contribution is 0.958. The number of aromatic amines is 2. The summed E-state index contributed by atoms with van der Waals surface area (Å²) in [7, 11) is 0. The number of thiazole rings is 1. The molecule has 8 heteroatoms. The average molecular weight is 293 g/mol. The first-order chi connectivity index (χ1) is 9.13. The van der Waals surface area contributed by atoms with Crippen LogP contribution in [0.15, 0.2) is 16.1 Å². The zero-order valence-electron chi connectivity index (χ0n) is 10.4. The number of rotatable bonds is 3. The highest BCUT2D eigenvalue weighted by Gasteiger charge is 2.09. The predicted molar refractivity (Wildman–Crippen MR) is 75.7 cm³/mol. The van der Waals surface area contributed by atoms with Gasteiger partial charge in [-0.2, -0.15) is 5.10 Å². The summed E-state index contributed by atoms with van der Waals surface area (Å²) in [6.07, 6.45) is 1.48. The van der Waals surface area contributed by atoms with Gasteiger partial charge in [0.2, 0.25) is 0 Å². The largest absolute Gasteiger partial charge is 0.301 e. The Morgan fingerprint density at radius 3 is 2.95 bits per heavy atom. The van der Waals surface area contributed by atoms with Gasteiger partial charge in [0.1, 0.15) is 5.39 Å². The summed E-state index contributed by atoms with van der Waals surface area (Å²) in [6.45, 7) is 3.98. The van der Waals surface area contributed by atoms with Crippen LogP contribution in [-0.2, 0) is 5.75 Å². The van der Waals surface area contributed by atoms with Crippen molar-refractivity contribution in [3.63, 3.8) is 0 Å². The minimum Gasteiger partial charge on any atom is -0.301 e. The molecule has 0 aliphatic carbocycles. The maximum Gasteiger partial charge on any atom is 0.262 e. The van der Waals surface area contributed by atoms with E-state index in [2.05, 4.69) is 25.1 Å². The minimum absolute atomic E-state index is 0.168. The molecular formula is C11H11N5OS2. The molecule has 0 saturated heterocycles. The SMILES string of the molecule is Cc1nc(C)c(CSc2nc3[nH]ncc3c(=O)[nH]2)s1. The Bertz CT molecular complexity index is 788. The Labute approximate surface area is 116 Å². The van der Waals surface area contributed by atoms with Crippen LogP contribution >= 0.6 is 23.1 Å². The van der Waals surface area contributed by atoms with E-state index in [4.69, 9.17) is 0 Å². The van der Waals surface area contributed by atoms with E-state index in [9.17, 15) is 4.79 Å². The number of hydrogen-bond donors (Lipinski definition) is 2. The van der Waals surface area contributed by atoms with Gasteiger partial charge in [-0.3, -0.25) is 9.89 Å². The second-order valence-electron chi connectivity index (χ2n) is 4.03. The van der Waals surface area contributed by atoms with Gasteiger partial charge in [0.25, 0.3) is 5.56 Å². The molecule has 0 saturated carbocycles. The first-order valence-electron chi connectivity index (χ1n) is 5.62. The van der Waals surface area contributed by atoms with Gasteiger partial charge in [-0.15, -0.1) is 11.3 Å². The van der Waals surface area contributed by atoms with Gasteiger partial charge < -0.3 is 4.98 Å². The van der Waals surface area contributed by atoms with E-state index in [-0.39, 0.29) is 5.56 Å². The van der Waals surface area contributed by atoms with Gasteiger partial charge in [0.15, 0.2) is 10.8 Å². The number of thioether (sulfide) groups is 1. The normalized spacial score (nSPS) is 11.3. The number of nitrogens with one attached hydrogen (secondary N) is 2. The number of aromatic nitrogens is 5. The zero-order chi connectivity index (χ0) is 13.4. The third-order valence-electron chi connectivity index (χ3n) is 2.64. The van der Waals surface area contributed by atoms with Crippen molar-refractivity contribution in [2.45, 2.75) is 24.8 Å². The molecule has 0 amide bonds. The fourth-order valence-electron chi connectivity index (χ4n) is 1.73. The van der Waals surface area contributed by atoms with Crippen molar-refractivity contribution in [2.75, 3.05) is 0 Å². The molecule has 0 spiro atoms. The average Bonchev–Trinajstić information content (AvgIpc) is 2.93. The van der Waals surface area contributed by atoms with Crippen molar-refractivity contribution in [3.8, 4) is 0 Å². The number of aryl methyl sites for hydroxylation is 2. The van der Waals surface area contributed by atoms with Gasteiger partial charge in [-0.25, -0.2) is 9.97 Å². The van der Waals surface area contributed by atoms with Crippen molar-refractivity contribution >= 4 is 34.1 Å². The van der Waals surface area contributed by atoms with Crippen molar-refractivity contribution < 1.29 is 0 Å². The molecule has 98 valence electrons. The molecule has 3 aromatic rings. The predicted octanol–water partition coefficient (Wildman–Crippen LogP) is 2.01. The monoisotopic (exact) mass is 293 g/mol. The van der Waals surface area contributed by atoms with Crippen molar-refractivity contribution in [1.29, 1.82) is 0 Å². The van der Waals surface area contributed by atoms with Crippen LogP contribution in [0.25, 0.3) is 11.0 Å². The highest BCUT2D eigenvalue weighted by atomic mass is 32.2. The van der Waals surface area contributed by atoms with Gasteiger partial charge >= 0.3 is 0 Å². The Morgan fingerprint density at radius 2 is 2.21 bits per heavy atom. The quantitative estimate of drug-likeness (QED) is 0.570. The van der Waals surface area contributed by atoms with Crippen LogP contribution in [0.3, 0.4) is 0 Å². The van der Waals surface area contributed by atoms with Crippen molar-refractivity contribution in [3.05, 3.63) is 32.1 Å². The maximum absolute atomic E-state index is 11.8. The summed E-state index contributed by atoms with van der Waals surface area (Å²) >= 11 is 3.16. The summed E-state index contributed by atoms with van der Waals surface area (Å²) in [5, 5.41) is 8.65. The van der Waals surface area contributed by atoms with Gasteiger partial charge in [0, 0.05) is 10.6 Å². The second-order valence-corrected chi connectivity index (χ2v) is 6.29. The third kappa shape index (κ3) is 2.41. The molecule has 3 aromatic heterocycles. The molecule has 0 fully saturated rings. The Balaban J connectivity index is 1.85. The lowest BCUT2D eigenvalue weighted by Gasteiger charge is -1.99. The van der Waals surface area contributed by atoms with Crippen LogP contribution in [0.2, 0.25) is 0 Å². The summed E-state index contributed by atoms with van der Waals surface area (Å²) in [4.78, 5) is 24.4. The Morgan fingerprint density at radius 1 is 1.37 bits per heavy atom. The van der Waals surface area contributed by atoms with Gasteiger partial charge in [-0.1, -0.05) is 11.8 Å². The highest BCUT2D eigenvalue weighted by Crippen LogP contribution is 2.25. The number of fused-ring (bicyclic) bond motifs is 1. The lowest BCUT2D eigenvalue weighted by Crippen LogP contribution is -2.08. The Kier molecular flexibility index (Phi) is 3.11. The molecule has 3 heterocycles. The van der Waals surface area contributed by atoms with Crippen LogP contribution in [0.4, 0.5) is 0 Å². The van der Waals surface area contributed by atoms with E-state index in [0.29, 0.717) is 16.2 Å². The first kappa shape index (κ1) is 12.4. The van der Waals surface area contributed by atoms with Crippen LogP contribution < -0.4 is 5.56 Å². The molecule has 3 rings (SSSR count). The highest BCUT2D eigenvalue weighted by molar-refractivity contribution is 7.98. The van der Waals surface area contributed by atoms with E-state index in [1.54, 1.807) is 11.3 Å². The van der Waals surface area contributed by atoms with Crippen LogP contribution in [0, 0.1) is 13.8 Å². The second kappa shape index (κ2) is 4.78. The molecule has 0 radical (unpaired) electrons. The Hall–Kier alpha value is -1.67. The van der Waals surface area contributed by atoms with Gasteiger partial charge in [-0.05, 0) is 13.8 Å². The van der Waals surface area contributed by atoms with Crippen LogP contribution in [0.1, 0.15) is 15.6 Å². The molecule has 2 N–H and O–H groups in total. The smallest absolute Gasteiger partial charge is 0.262 e. The standard InChI is InChI=1S/C11H11N5OS2/c1-5-8(19-6(2)13-5)4-18-11-14-9-7(3-12-16-9)10(17)15-11/h3H,4H2,1-2H3,(H2,12,14,15,16,17). The van der Waals surface area contributed by atoms with E-state index in [1.807, 2.05) is 13.8 Å². The molecule has 19 heavy (non-hydrogen) atoms. The topological polar surface area (TPSA) is 87.3 Å². The van der Waals surface area contributed by atoms with E-state index in [1.165, 1.54) is 22.8 Å². The van der Waals surface area contributed by atoms with E-state index >= 15 is 0 Å². The number of hydrogen-bond acceptors (Lipinski definition) is 6. The van der Waals surface area contributed by atoms with Gasteiger partial charge in [0.05, 0.1) is 16.9 Å². The molecule has 0 aliphatic heterocycles. The zero-order valence-corrected chi connectivity index (χ0v) is 12.0. The van der Waals surface area contributed by atoms with Crippen LogP contribution in [-0.4, -0.2) is 25.1 Å². The molecular weight excluding hydrogens is 282 g/mol. The summed E-state index contributed by atoms with van der Waals surface area (Å²) < 4.78 is 0. The van der Waals surface area contributed by atoms with Crippen molar-refractivity contribution in [1.82, 2.24) is 25.1 Å². The third-order valence-corrected chi connectivity index (χ3v) is 4.79. The summed E-state index contributed by atoms with van der Waals surface area (Å²) in [5.41, 5.74) is 1.39. The first-order valence-corrected chi connectivity index (χ1v) is 7.43. The molecule has 0 aliphatic rings.